The molecule has 1 N–H and O–H groups in total. The fourth-order valence-electron chi connectivity index (χ4n) is 0.566. The van der Waals surface area contributed by atoms with Crippen molar-refractivity contribution in [2.45, 2.75) is 6.42 Å². The van der Waals surface area contributed by atoms with Gasteiger partial charge in [-0.2, -0.15) is 0 Å². The van der Waals surface area contributed by atoms with E-state index in [0.717, 1.165) is 6.08 Å². The first kappa shape index (κ1) is 11.5. The van der Waals surface area contributed by atoms with Gasteiger partial charge in [0.15, 0.2) is 0 Å². The van der Waals surface area contributed by atoms with Crippen LogP contribution in [0.5, 0.6) is 0 Å². The number of amides is 1. The van der Waals surface area contributed by atoms with Gasteiger partial charge in [-0.05, 0) is 6.42 Å². The minimum atomic E-state index is -0.491. The summed E-state index contributed by atoms with van der Waals surface area (Å²) < 4.78 is 8.98. The highest BCUT2D eigenvalue weighted by molar-refractivity contribution is 5.81. The Kier molecular flexibility index (Phi) is 6.31. The summed E-state index contributed by atoms with van der Waals surface area (Å²) in [7, 11) is 1.28. The first-order valence-corrected chi connectivity index (χ1v) is 3.81. The van der Waals surface area contributed by atoms with Crippen molar-refractivity contribution in [1.29, 1.82) is 0 Å². The molecule has 5 nitrogen and oxygen atoms in total. The monoisotopic (exact) mass is 187 g/mol. The summed E-state index contributed by atoms with van der Waals surface area (Å²) in [6.07, 6.45) is 1.15. The maximum atomic E-state index is 10.5. The van der Waals surface area contributed by atoms with Crippen LogP contribution in [0.15, 0.2) is 12.7 Å². The lowest BCUT2D eigenvalue weighted by atomic mass is 10.4. The lowest BCUT2D eigenvalue weighted by Crippen LogP contribution is -2.25. The molecule has 0 saturated carbocycles. The van der Waals surface area contributed by atoms with Crippen LogP contribution in [-0.2, 0) is 14.3 Å². The molecule has 0 fully saturated rings. The fourth-order valence-corrected chi connectivity index (χ4v) is 0.566. The van der Waals surface area contributed by atoms with E-state index in [0.29, 0.717) is 13.0 Å². The van der Waals surface area contributed by atoms with Crippen LogP contribution in [0.3, 0.4) is 0 Å². The smallest absolute Gasteiger partial charge is 0.406 e. The van der Waals surface area contributed by atoms with Gasteiger partial charge in [-0.3, -0.25) is 0 Å². The molecule has 74 valence electrons. The van der Waals surface area contributed by atoms with E-state index in [4.69, 9.17) is 0 Å². The maximum Gasteiger partial charge on any atom is 0.406 e. The summed E-state index contributed by atoms with van der Waals surface area (Å²) >= 11 is 0. The number of rotatable bonds is 5. The maximum absolute atomic E-state index is 10.5. The number of nitrogens with one attached hydrogen (secondary N) is 1. The van der Waals surface area contributed by atoms with Crippen molar-refractivity contribution in [3.63, 3.8) is 0 Å². The Morgan fingerprint density at radius 2 is 2.23 bits per heavy atom. The van der Waals surface area contributed by atoms with E-state index in [-0.39, 0.29) is 6.61 Å². The predicted molar refractivity (Wildman–Crippen MR) is 46.2 cm³/mol. The van der Waals surface area contributed by atoms with Crippen LogP contribution in [0.1, 0.15) is 6.42 Å². The highest BCUT2D eigenvalue weighted by atomic mass is 16.5. The molecule has 0 heterocycles. The number of ether oxygens (including phenoxy) is 2. The van der Waals surface area contributed by atoms with Gasteiger partial charge in [-0.25, -0.2) is 9.59 Å². The van der Waals surface area contributed by atoms with Crippen LogP contribution in [0.2, 0.25) is 0 Å². The highest BCUT2D eigenvalue weighted by Gasteiger charge is 1.97. The van der Waals surface area contributed by atoms with E-state index >= 15 is 0 Å². The van der Waals surface area contributed by atoms with Crippen LogP contribution in [0, 0.1) is 0 Å². The summed E-state index contributed by atoms with van der Waals surface area (Å²) in [6.45, 7) is 3.91. The standard InChI is InChI=1S/C8H13NO4/c1-3-7(10)13-6-4-5-9-8(11)12-2/h3H,1,4-6H2,2H3,(H,9,11). The third-order valence-electron chi connectivity index (χ3n) is 1.19. The molecule has 0 aromatic carbocycles. The molecule has 1 amide bonds. The molecular formula is C8H13NO4. The van der Waals surface area contributed by atoms with E-state index < -0.39 is 12.1 Å². The molecular weight excluding hydrogens is 174 g/mol. The third kappa shape index (κ3) is 6.86. The number of hydrogen-bond acceptors (Lipinski definition) is 4. The van der Waals surface area contributed by atoms with Crippen LogP contribution < -0.4 is 5.32 Å². The molecule has 0 atom stereocenters. The molecule has 0 aliphatic heterocycles. The number of carbonyl (C=O) groups excluding carboxylic acids is 2. The summed E-state index contributed by atoms with van der Waals surface area (Å²) in [6, 6.07) is 0. The van der Waals surface area contributed by atoms with Gasteiger partial charge in [0.1, 0.15) is 0 Å². The first-order chi connectivity index (χ1) is 6.20. The zero-order valence-electron chi connectivity index (χ0n) is 7.54. The lowest BCUT2D eigenvalue weighted by molar-refractivity contribution is -0.137. The van der Waals surface area contributed by atoms with Crippen molar-refractivity contribution in [2.24, 2.45) is 0 Å². The van der Waals surface area contributed by atoms with Gasteiger partial charge < -0.3 is 14.8 Å². The van der Waals surface area contributed by atoms with Crippen LogP contribution in [0.4, 0.5) is 4.79 Å². The van der Waals surface area contributed by atoms with Crippen LogP contribution >= 0.6 is 0 Å². The summed E-state index contributed by atoms with van der Waals surface area (Å²) in [5.41, 5.74) is 0. The first-order valence-electron chi connectivity index (χ1n) is 3.81. The van der Waals surface area contributed by atoms with Crippen LogP contribution in [-0.4, -0.2) is 32.3 Å². The van der Waals surface area contributed by atoms with Crippen molar-refractivity contribution in [3.8, 4) is 0 Å². The minimum Gasteiger partial charge on any atom is -0.462 e. The molecule has 0 aliphatic rings. The summed E-state index contributed by atoms with van der Waals surface area (Å²) in [5, 5.41) is 2.45. The number of carbonyl (C=O) groups is 2. The Labute approximate surface area is 76.7 Å². The molecule has 0 aromatic heterocycles. The molecule has 0 unspecified atom stereocenters. The van der Waals surface area contributed by atoms with Crippen molar-refractivity contribution >= 4 is 12.1 Å². The van der Waals surface area contributed by atoms with E-state index in [1.54, 1.807) is 0 Å². The van der Waals surface area contributed by atoms with E-state index in [9.17, 15) is 9.59 Å². The Bertz CT molecular complexity index is 191. The lowest BCUT2D eigenvalue weighted by Gasteiger charge is -2.03. The van der Waals surface area contributed by atoms with E-state index in [1.807, 2.05) is 0 Å². The van der Waals surface area contributed by atoms with Gasteiger partial charge in [0.05, 0.1) is 13.7 Å². The predicted octanol–water partition coefficient (Wildman–Crippen LogP) is 0.462. The second-order valence-corrected chi connectivity index (χ2v) is 2.14. The van der Waals surface area contributed by atoms with Gasteiger partial charge in [0.25, 0.3) is 0 Å². The molecule has 13 heavy (non-hydrogen) atoms. The number of alkyl carbamates (subject to hydrolysis) is 1. The van der Waals surface area contributed by atoms with Crippen LogP contribution in [0.25, 0.3) is 0 Å². The highest BCUT2D eigenvalue weighted by Crippen LogP contribution is 1.83. The average Bonchev–Trinajstić information content (AvgIpc) is 2.16. The SMILES string of the molecule is C=CC(=O)OCCCNC(=O)OC. The molecule has 0 rings (SSSR count). The normalized spacial score (nSPS) is 8.69. The van der Waals surface area contributed by atoms with Crippen molar-refractivity contribution in [1.82, 2.24) is 5.32 Å². The van der Waals surface area contributed by atoms with E-state index in [1.165, 1.54) is 7.11 Å². The number of hydrogen-bond donors (Lipinski definition) is 1. The largest absolute Gasteiger partial charge is 0.462 e. The zero-order chi connectivity index (χ0) is 10.1. The average molecular weight is 187 g/mol. The van der Waals surface area contributed by atoms with Gasteiger partial charge in [0, 0.05) is 12.6 Å². The fraction of sp³-hybridized carbons (Fsp3) is 0.500. The van der Waals surface area contributed by atoms with Crippen molar-refractivity contribution in [3.05, 3.63) is 12.7 Å². The van der Waals surface area contributed by atoms with Gasteiger partial charge in [0.2, 0.25) is 0 Å². The molecule has 0 saturated heterocycles. The molecule has 0 bridgehead atoms. The summed E-state index contributed by atoms with van der Waals surface area (Å²) in [5.74, 6) is -0.460. The summed E-state index contributed by atoms with van der Waals surface area (Å²) in [4.78, 5) is 21.0. The molecule has 0 radical (unpaired) electrons. The Morgan fingerprint density at radius 3 is 2.77 bits per heavy atom. The van der Waals surface area contributed by atoms with Gasteiger partial charge in [-0.15, -0.1) is 0 Å². The Hall–Kier alpha value is -1.52. The number of esters is 1. The third-order valence-corrected chi connectivity index (χ3v) is 1.19. The second-order valence-electron chi connectivity index (χ2n) is 2.14. The molecule has 0 aromatic rings. The van der Waals surface area contributed by atoms with Gasteiger partial charge in [-0.1, -0.05) is 6.58 Å². The second kappa shape index (κ2) is 7.15. The minimum absolute atomic E-state index is 0.259. The molecule has 5 heteroatoms. The van der Waals surface area contributed by atoms with Gasteiger partial charge >= 0.3 is 12.1 Å². The topological polar surface area (TPSA) is 64.6 Å². The quantitative estimate of drug-likeness (QED) is 0.386. The van der Waals surface area contributed by atoms with E-state index in [2.05, 4.69) is 21.4 Å². The van der Waals surface area contributed by atoms with Crippen molar-refractivity contribution in [2.75, 3.05) is 20.3 Å². The molecule has 0 aliphatic carbocycles. The van der Waals surface area contributed by atoms with Crippen molar-refractivity contribution < 1.29 is 19.1 Å². The Balaban J connectivity index is 3.21. The zero-order valence-corrected chi connectivity index (χ0v) is 7.54. The molecule has 0 spiro atoms. The number of methoxy groups -OCH3 is 1. The Morgan fingerprint density at radius 1 is 1.54 bits per heavy atom.